The van der Waals surface area contributed by atoms with Crippen LogP contribution in [0, 0.1) is 0 Å². The summed E-state index contributed by atoms with van der Waals surface area (Å²) in [4.78, 5) is 4.16. The molecule has 1 atom stereocenters. The molecule has 3 heteroatoms. The Morgan fingerprint density at radius 2 is 2.38 bits per heavy atom. The first-order chi connectivity index (χ1) is 6.27. The summed E-state index contributed by atoms with van der Waals surface area (Å²) in [6.07, 6.45) is 5.01. The summed E-state index contributed by atoms with van der Waals surface area (Å²) < 4.78 is 5.24. The Balaban J connectivity index is 2.50. The Labute approximate surface area is 78.8 Å². The van der Waals surface area contributed by atoms with Crippen LogP contribution in [-0.4, -0.2) is 10.1 Å². The van der Waals surface area contributed by atoms with Crippen LogP contribution in [0.2, 0.25) is 0 Å². The number of aliphatic hydroxyl groups excluding tert-OH is 1. The fraction of sp³-hybridized carbons (Fsp3) is 0.700. The number of rotatable bonds is 5. The predicted octanol–water partition coefficient (Wildman–Crippen LogP) is 2.46. The van der Waals surface area contributed by atoms with Gasteiger partial charge < -0.3 is 9.52 Å². The SMILES string of the molecule is CCCC[C@@H](C)c1nc(CO)co1. The van der Waals surface area contributed by atoms with Crippen LogP contribution in [0.1, 0.15) is 50.6 Å². The van der Waals surface area contributed by atoms with Crippen LogP contribution >= 0.6 is 0 Å². The third kappa shape index (κ3) is 2.84. The quantitative estimate of drug-likeness (QED) is 0.762. The lowest BCUT2D eigenvalue weighted by Crippen LogP contribution is -1.94. The Kier molecular flexibility index (Phi) is 3.96. The molecule has 0 aromatic carbocycles. The van der Waals surface area contributed by atoms with Gasteiger partial charge in [-0.2, -0.15) is 0 Å². The Morgan fingerprint density at radius 1 is 1.62 bits per heavy atom. The van der Waals surface area contributed by atoms with Gasteiger partial charge in [-0.1, -0.05) is 26.7 Å². The van der Waals surface area contributed by atoms with Gasteiger partial charge in [-0.25, -0.2) is 4.98 Å². The maximum absolute atomic E-state index is 8.79. The fourth-order valence-corrected chi connectivity index (χ4v) is 1.26. The first-order valence-corrected chi connectivity index (χ1v) is 4.83. The van der Waals surface area contributed by atoms with Crippen molar-refractivity contribution in [1.82, 2.24) is 4.98 Å². The van der Waals surface area contributed by atoms with E-state index in [2.05, 4.69) is 18.8 Å². The molecule has 74 valence electrons. The molecule has 0 bridgehead atoms. The standard InChI is InChI=1S/C10H17NO2/c1-3-4-5-8(2)10-11-9(6-12)7-13-10/h7-8,12H,3-6H2,1-2H3/t8-/m1/s1. The maximum atomic E-state index is 8.79. The van der Waals surface area contributed by atoms with Gasteiger partial charge >= 0.3 is 0 Å². The van der Waals surface area contributed by atoms with Crippen molar-refractivity contribution < 1.29 is 9.52 Å². The van der Waals surface area contributed by atoms with Gasteiger partial charge in [-0.3, -0.25) is 0 Å². The zero-order valence-electron chi connectivity index (χ0n) is 8.29. The molecule has 0 fully saturated rings. The van der Waals surface area contributed by atoms with Gasteiger partial charge in [-0.15, -0.1) is 0 Å². The van der Waals surface area contributed by atoms with Gasteiger partial charge in [-0.05, 0) is 6.42 Å². The van der Waals surface area contributed by atoms with Crippen LogP contribution in [0.5, 0.6) is 0 Å². The van der Waals surface area contributed by atoms with E-state index in [0.29, 0.717) is 11.6 Å². The van der Waals surface area contributed by atoms with Crippen molar-refractivity contribution in [3.8, 4) is 0 Å². The number of aromatic nitrogens is 1. The van der Waals surface area contributed by atoms with E-state index in [-0.39, 0.29) is 6.61 Å². The Hall–Kier alpha value is -0.830. The largest absolute Gasteiger partial charge is 0.448 e. The summed E-state index contributed by atoms with van der Waals surface area (Å²) in [5, 5.41) is 8.79. The molecule has 1 rings (SSSR count). The second-order valence-corrected chi connectivity index (χ2v) is 3.38. The fourth-order valence-electron chi connectivity index (χ4n) is 1.26. The van der Waals surface area contributed by atoms with Gasteiger partial charge in [0.25, 0.3) is 0 Å². The average Bonchev–Trinajstić information content (AvgIpc) is 2.62. The molecule has 1 aromatic heterocycles. The van der Waals surface area contributed by atoms with Crippen molar-refractivity contribution in [3.05, 3.63) is 17.8 Å². The third-order valence-corrected chi connectivity index (χ3v) is 2.14. The van der Waals surface area contributed by atoms with Crippen molar-refractivity contribution in [1.29, 1.82) is 0 Å². The lowest BCUT2D eigenvalue weighted by molar-refractivity contribution is 0.276. The maximum Gasteiger partial charge on any atom is 0.197 e. The van der Waals surface area contributed by atoms with E-state index in [0.717, 1.165) is 12.3 Å². The highest BCUT2D eigenvalue weighted by Crippen LogP contribution is 2.20. The molecule has 13 heavy (non-hydrogen) atoms. The van der Waals surface area contributed by atoms with Crippen molar-refractivity contribution in [3.63, 3.8) is 0 Å². The van der Waals surface area contributed by atoms with Gasteiger partial charge in [0.2, 0.25) is 0 Å². The molecule has 0 aliphatic carbocycles. The highest BCUT2D eigenvalue weighted by molar-refractivity contribution is 4.98. The molecule has 1 heterocycles. The predicted molar refractivity (Wildman–Crippen MR) is 50.4 cm³/mol. The van der Waals surface area contributed by atoms with Crippen LogP contribution in [0.25, 0.3) is 0 Å². The van der Waals surface area contributed by atoms with Crippen molar-refractivity contribution in [2.24, 2.45) is 0 Å². The summed E-state index contributed by atoms with van der Waals surface area (Å²) in [6.45, 7) is 4.23. The number of hydrogen-bond donors (Lipinski definition) is 1. The van der Waals surface area contributed by atoms with Crippen LogP contribution in [0.4, 0.5) is 0 Å². The van der Waals surface area contributed by atoms with E-state index < -0.39 is 0 Å². The highest BCUT2D eigenvalue weighted by atomic mass is 16.3. The second kappa shape index (κ2) is 5.02. The zero-order chi connectivity index (χ0) is 9.68. The smallest absolute Gasteiger partial charge is 0.197 e. The van der Waals surface area contributed by atoms with E-state index in [1.165, 1.54) is 19.1 Å². The molecule has 3 nitrogen and oxygen atoms in total. The van der Waals surface area contributed by atoms with Gasteiger partial charge in [0.15, 0.2) is 5.89 Å². The number of nitrogens with zero attached hydrogens (tertiary/aromatic N) is 1. The monoisotopic (exact) mass is 183 g/mol. The summed E-state index contributed by atoms with van der Waals surface area (Å²) >= 11 is 0. The number of oxazole rings is 1. The third-order valence-electron chi connectivity index (χ3n) is 2.14. The molecule has 0 saturated heterocycles. The number of aliphatic hydroxyl groups is 1. The van der Waals surface area contributed by atoms with Gasteiger partial charge in [0.1, 0.15) is 12.0 Å². The first-order valence-electron chi connectivity index (χ1n) is 4.83. The van der Waals surface area contributed by atoms with Crippen LogP contribution < -0.4 is 0 Å². The minimum atomic E-state index is -0.0377. The van der Waals surface area contributed by atoms with E-state index in [1.807, 2.05) is 0 Å². The van der Waals surface area contributed by atoms with E-state index >= 15 is 0 Å². The summed E-state index contributed by atoms with van der Waals surface area (Å²) in [5.41, 5.74) is 0.623. The van der Waals surface area contributed by atoms with Crippen molar-refractivity contribution in [2.45, 2.75) is 45.6 Å². The lowest BCUT2D eigenvalue weighted by Gasteiger charge is -2.04. The highest BCUT2D eigenvalue weighted by Gasteiger charge is 2.11. The lowest BCUT2D eigenvalue weighted by atomic mass is 10.0. The van der Waals surface area contributed by atoms with Crippen LogP contribution in [0.15, 0.2) is 10.7 Å². The Morgan fingerprint density at radius 3 is 2.92 bits per heavy atom. The van der Waals surface area contributed by atoms with Crippen molar-refractivity contribution >= 4 is 0 Å². The summed E-state index contributed by atoms with van der Waals surface area (Å²) in [7, 11) is 0. The molecular weight excluding hydrogens is 166 g/mol. The summed E-state index contributed by atoms with van der Waals surface area (Å²) in [6, 6.07) is 0. The molecule has 0 radical (unpaired) electrons. The molecule has 0 unspecified atom stereocenters. The minimum absolute atomic E-state index is 0.0377. The molecule has 1 aromatic rings. The normalized spacial score (nSPS) is 13.2. The van der Waals surface area contributed by atoms with Crippen molar-refractivity contribution in [2.75, 3.05) is 0 Å². The molecule has 0 saturated carbocycles. The van der Waals surface area contributed by atoms with Gasteiger partial charge in [0, 0.05) is 5.92 Å². The summed E-state index contributed by atoms with van der Waals surface area (Å²) in [5.74, 6) is 1.11. The first kappa shape index (κ1) is 10.3. The molecule has 0 amide bonds. The van der Waals surface area contributed by atoms with E-state index in [1.54, 1.807) is 0 Å². The average molecular weight is 183 g/mol. The number of unbranched alkanes of at least 4 members (excludes halogenated alkanes) is 1. The topological polar surface area (TPSA) is 46.3 Å². The van der Waals surface area contributed by atoms with Crippen LogP contribution in [-0.2, 0) is 6.61 Å². The molecule has 0 aliphatic rings. The molecular formula is C10H17NO2. The molecule has 1 N–H and O–H groups in total. The molecule has 0 spiro atoms. The minimum Gasteiger partial charge on any atom is -0.448 e. The van der Waals surface area contributed by atoms with Gasteiger partial charge in [0.05, 0.1) is 6.61 Å². The van der Waals surface area contributed by atoms with Crippen LogP contribution in [0.3, 0.4) is 0 Å². The van der Waals surface area contributed by atoms with E-state index in [9.17, 15) is 0 Å². The zero-order valence-corrected chi connectivity index (χ0v) is 8.29. The molecule has 0 aliphatic heterocycles. The van der Waals surface area contributed by atoms with E-state index in [4.69, 9.17) is 9.52 Å². The second-order valence-electron chi connectivity index (χ2n) is 3.38. The Bertz CT molecular complexity index is 245. The number of hydrogen-bond acceptors (Lipinski definition) is 3.